The van der Waals surface area contributed by atoms with Gasteiger partial charge in [0.1, 0.15) is 6.10 Å². The van der Waals surface area contributed by atoms with Gasteiger partial charge in [0.2, 0.25) is 0 Å². The molecule has 0 aliphatic rings. The summed E-state index contributed by atoms with van der Waals surface area (Å²) in [5.74, 6) is 1.34. The average molecular weight is 371 g/mol. The van der Waals surface area contributed by atoms with Crippen molar-refractivity contribution in [1.29, 1.82) is 0 Å². The SMILES string of the molecule is CCOc1cc(Br)c(C(O)c2cscc2C)cc1OCC. The summed E-state index contributed by atoms with van der Waals surface area (Å²) < 4.78 is 12.0. The molecular weight excluding hydrogens is 352 g/mol. The fourth-order valence-electron chi connectivity index (χ4n) is 2.12. The van der Waals surface area contributed by atoms with Crippen molar-refractivity contribution < 1.29 is 14.6 Å². The minimum absolute atomic E-state index is 0.550. The highest BCUT2D eigenvalue weighted by molar-refractivity contribution is 9.10. The van der Waals surface area contributed by atoms with Crippen molar-refractivity contribution in [3.8, 4) is 11.5 Å². The predicted molar refractivity (Wildman–Crippen MR) is 89.6 cm³/mol. The highest BCUT2D eigenvalue weighted by Crippen LogP contribution is 2.39. The van der Waals surface area contributed by atoms with Crippen LogP contribution in [0.15, 0.2) is 27.4 Å². The van der Waals surface area contributed by atoms with Crippen LogP contribution >= 0.6 is 27.3 Å². The van der Waals surface area contributed by atoms with E-state index in [1.54, 1.807) is 11.3 Å². The third-order valence-corrected chi connectivity index (χ3v) is 4.71. The molecule has 0 saturated heterocycles. The second kappa shape index (κ2) is 7.29. The van der Waals surface area contributed by atoms with Crippen LogP contribution in [0.5, 0.6) is 11.5 Å². The Morgan fingerprint density at radius 2 is 1.71 bits per heavy atom. The lowest BCUT2D eigenvalue weighted by Gasteiger charge is -2.17. The average Bonchev–Trinajstić information content (AvgIpc) is 2.87. The Labute approximate surface area is 137 Å². The molecule has 5 heteroatoms. The van der Waals surface area contributed by atoms with E-state index in [9.17, 15) is 5.11 Å². The van der Waals surface area contributed by atoms with Gasteiger partial charge in [-0.1, -0.05) is 15.9 Å². The molecule has 1 aromatic carbocycles. The molecule has 0 saturated carbocycles. The summed E-state index contributed by atoms with van der Waals surface area (Å²) >= 11 is 5.11. The first-order valence-corrected chi connectivity index (χ1v) is 8.61. The van der Waals surface area contributed by atoms with E-state index in [1.807, 2.05) is 43.7 Å². The molecule has 0 radical (unpaired) electrons. The molecule has 21 heavy (non-hydrogen) atoms. The summed E-state index contributed by atoms with van der Waals surface area (Å²) in [5, 5.41) is 14.6. The largest absolute Gasteiger partial charge is 0.490 e. The number of aliphatic hydroxyl groups excluding tert-OH is 1. The Bertz CT molecular complexity index is 610. The van der Waals surface area contributed by atoms with Crippen LogP contribution in [-0.4, -0.2) is 18.3 Å². The predicted octanol–water partition coefficient (Wildman–Crippen LogP) is 4.70. The number of thiophene rings is 1. The topological polar surface area (TPSA) is 38.7 Å². The zero-order valence-corrected chi connectivity index (χ0v) is 14.8. The van der Waals surface area contributed by atoms with Crippen LogP contribution in [0, 0.1) is 6.92 Å². The number of aryl methyl sites for hydroxylation is 1. The molecule has 1 aromatic heterocycles. The third kappa shape index (κ3) is 3.59. The summed E-state index contributed by atoms with van der Waals surface area (Å²) in [6, 6.07) is 3.70. The molecule has 1 unspecified atom stereocenters. The van der Waals surface area contributed by atoms with Gasteiger partial charge in [-0.15, -0.1) is 0 Å². The van der Waals surface area contributed by atoms with Crippen LogP contribution in [0.3, 0.4) is 0 Å². The molecule has 3 nitrogen and oxygen atoms in total. The molecule has 1 heterocycles. The Kier molecular flexibility index (Phi) is 5.67. The Morgan fingerprint density at radius 3 is 2.24 bits per heavy atom. The minimum atomic E-state index is -0.680. The Morgan fingerprint density at radius 1 is 1.10 bits per heavy atom. The van der Waals surface area contributed by atoms with Gasteiger partial charge < -0.3 is 14.6 Å². The smallest absolute Gasteiger partial charge is 0.162 e. The molecule has 2 rings (SSSR count). The molecule has 114 valence electrons. The molecule has 0 spiro atoms. The number of ether oxygens (including phenoxy) is 2. The molecular formula is C16H19BrO3S. The van der Waals surface area contributed by atoms with E-state index in [-0.39, 0.29) is 0 Å². The van der Waals surface area contributed by atoms with Crippen molar-refractivity contribution in [1.82, 2.24) is 0 Å². The molecule has 0 aliphatic heterocycles. The van der Waals surface area contributed by atoms with Gasteiger partial charge in [-0.3, -0.25) is 0 Å². The lowest BCUT2D eigenvalue weighted by molar-refractivity contribution is 0.217. The first kappa shape index (κ1) is 16.3. The third-order valence-electron chi connectivity index (χ3n) is 3.15. The second-order valence-corrected chi connectivity index (χ2v) is 6.20. The van der Waals surface area contributed by atoms with Crippen LogP contribution in [-0.2, 0) is 0 Å². The zero-order valence-electron chi connectivity index (χ0n) is 12.4. The molecule has 0 aliphatic carbocycles. The first-order chi connectivity index (χ1) is 10.1. The molecule has 0 amide bonds. The van der Waals surface area contributed by atoms with Gasteiger partial charge in [-0.25, -0.2) is 0 Å². The monoisotopic (exact) mass is 370 g/mol. The number of rotatable bonds is 6. The van der Waals surface area contributed by atoms with E-state index in [4.69, 9.17) is 9.47 Å². The molecule has 1 N–H and O–H groups in total. The van der Waals surface area contributed by atoms with Crippen molar-refractivity contribution in [2.45, 2.75) is 26.9 Å². The summed E-state index contributed by atoms with van der Waals surface area (Å²) in [7, 11) is 0. The number of aliphatic hydroxyl groups is 1. The Balaban J connectivity index is 2.44. The van der Waals surface area contributed by atoms with Gasteiger partial charge in [0.15, 0.2) is 11.5 Å². The fraction of sp³-hybridized carbons (Fsp3) is 0.375. The second-order valence-electron chi connectivity index (χ2n) is 4.60. The quantitative estimate of drug-likeness (QED) is 0.800. The molecule has 2 aromatic rings. The van der Waals surface area contributed by atoms with Gasteiger partial charge in [-0.2, -0.15) is 11.3 Å². The summed E-state index contributed by atoms with van der Waals surface area (Å²) in [4.78, 5) is 0. The van der Waals surface area contributed by atoms with Gasteiger partial charge in [-0.05, 0) is 54.8 Å². The normalized spacial score (nSPS) is 12.2. The van der Waals surface area contributed by atoms with Gasteiger partial charge in [0, 0.05) is 10.0 Å². The summed E-state index contributed by atoms with van der Waals surface area (Å²) in [6.45, 7) is 6.98. The van der Waals surface area contributed by atoms with E-state index < -0.39 is 6.10 Å². The van der Waals surface area contributed by atoms with Crippen LogP contribution in [0.4, 0.5) is 0 Å². The van der Waals surface area contributed by atoms with Gasteiger partial charge >= 0.3 is 0 Å². The van der Waals surface area contributed by atoms with Crippen molar-refractivity contribution in [2.24, 2.45) is 0 Å². The van der Waals surface area contributed by atoms with E-state index in [2.05, 4.69) is 15.9 Å². The van der Waals surface area contributed by atoms with E-state index in [1.165, 1.54) is 0 Å². The highest BCUT2D eigenvalue weighted by atomic mass is 79.9. The first-order valence-electron chi connectivity index (χ1n) is 6.88. The maximum absolute atomic E-state index is 10.6. The van der Waals surface area contributed by atoms with Crippen LogP contribution in [0.1, 0.15) is 36.6 Å². The molecule has 1 atom stereocenters. The lowest BCUT2D eigenvalue weighted by atomic mass is 10.0. The summed E-state index contributed by atoms with van der Waals surface area (Å²) in [5.41, 5.74) is 2.79. The minimum Gasteiger partial charge on any atom is -0.490 e. The van der Waals surface area contributed by atoms with Crippen LogP contribution < -0.4 is 9.47 Å². The lowest BCUT2D eigenvalue weighted by Crippen LogP contribution is -2.04. The number of halogens is 1. The number of hydrogen-bond donors (Lipinski definition) is 1. The van der Waals surface area contributed by atoms with E-state index in [0.717, 1.165) is 21.2 Å². The van der Waals surface area contributed by atoms with Crippen molar-refractivity contribution >= 4 is 27.3 Å². The maximum Gasteiger partial charge on any atom is 0.162 e. The maximum atomic E-state index is 10.6. The number of benzene rings is 1. The number of hydrogen-bond acceptors (Lipinski definition) is 4. The highest BCUT2D eigenvalue weighted by Gasteiger charge is 2.20. The zero-order chi connectivity index (χ0) is 15.4. The molecule has 0 bridgehead atoms. The standard InChI is InChI=1S/C16H19BrO3S/c1-4-19-14-6-11(13(17)7-15(14)20-5-2)16(18)12-9-21-8-10(12)3/h6-9,16,18H,4-5H2,1-3H3. The van der Waals surface area contributed by atoms with E-state index >= 15 is 0 Å². The fourth-order valence-corrected chi connectivity index (χ4v) is 3.52. The van der Waals surface area contributed by atoms with Crippen LogP contribution in [0.2, 0.25) is 0 Å². The van der Waals surface area contributed by atoms with Crippen molar-refractivity contribution in [3.05, 3.63) is 44.1 Å². The van der Waals surface area contributed by atoms with Crippen molar-refractivity contribution in [2.75, 3.05) is 13.2 Å². The van der Waals surface area contributed by atoms with Gasteiger partial charge in [0.05, 0.1) is 13.2 Å². The molecule has 0 fully saturated rings. The van der Waals surface area contributed by atoms with Crippen LogP contribution in [0.25, 0.3) is 0 Å². The van der Waals surface area contributed by atoms with E-state index in [0.29, 0.717) is 24.7 Å². The van der Waals surface area contributed by atoms with Crippen molar-refractivity contribution in [3.63, 3.8) is 0 Å². The Hall–Kier alpha value is -1.04. The summed E-state index contributed by atoms with van der Waals surface area (Å²) in [6.07, 6.45) is -0.680. The van der Waals surface area contributed by atoms with Gasteiger partial charge in [0.25, 0.3) is 0 Å².